The predicted molar refractivity (Wildman–Crippen MR) is 62.6 cm³/mol. The number of rotatable bonds is 6. The first-order chi connectivity index (χ1) is 7.24. The topological polar surface area (TPSA) is 12.0 Å². The summed E-state index contributed by atoms with van der Waals surface area (Å²) in [6.07, 6.45) is 3.25. The molecule has 1 nitrogen and oxygen atoms in total. The molecular weight excluding hydrogens is 189 g/mol. The fourth-order valence-electron chi connectivity index (χ4n) is 1.55. The van der Waals surface area contributed by atoms with Gasteiger partial charge in [0.05, 0.1) is 0 Å². The SMILES string of the molecule is CCNCCCCc1ccc(C)c(F)c1. The third kappa shape index (κ3) is 4.43. The molecule has 0 heterocycles. The van der Waals surface area contributed by atoms with Crippen LogP contribution >= 0.6 is 0 Å². The third-order valence-electron chi connectivity index (χ3n) is 2.56. The van der Waals surface area contributed by atoms with Gasteiger partial charge in [0.1, 0.15) is 5.82 Å². The van der Waals surface area contributed by atoms with Crippen LogP contribution in [0.3, 0.4) is 0 Å². The molecule has 0 fully saturated rings. The van der Waals surface area contributed by atoms with Crippen molar-refractivity contribution in [1.82, 2.24) is 5.32 Å². The lowest BCUT2D eigenvalue weighted by atomic mass is 10.1. The molecule has 0 aliphatic heterocycles. The minimum atomic E-state index is -0.0841. The number of nitrogens with one attached hydrogen (secondary N) is 1. The molecule has 15 heavy (non-hydrogen) atoms. The van der Waals surface area contributed by atoms with E-state index in [1.807, 2.05) is 12.1 Å². The van der Waals surface area contributed by atoms with E-state index in [1.54, 1.807) is 13.0 Å². The summed E-state index contributed by atoms with van der Waals surface area (Å²) in [5.41, 5.74) is 1.83. The van der Waals surface area contributed by atoms with Crippen molar-refractivity contribution in [3.8, 4) is 0 Å². The van der Waals surface area contributed by atoms with Gasteiger partial charge in [0, 0.05) is 0 Å². The van der Waals surface area contributed by atoms with Crippen LogP contribution in [0.15, 0.2) is 18.2 Å². The Labute approximate surface area is 91.7 Å². The normalized spacial score (nSPS) is 10.6. The molecule has 0 radical (unpaired) electrons. The molecule has 0 amide bonds. The van der Waals surface area contributed by atoms with Crippen molar-refractivity contribution in [1.29, 1.82) is 0 Å². The van der Waals surface area contributed by atoms with Crippen LogP contribution in [-0.4, -0.2) is 13.1 Å². The number of benzene rings is 1. The van der Waals surface area contributed by atoms with Crippen LogP contribution < -0.4 is 5.32 Å². The van der Waals surface area contributed by atoms with Gasteiger partial charge in [-0.15, -0.1) is 0 Å². The van der Waals surface area contributed by atoms with Crippen molar-refractivity contribution in [2.75, 3.05) is 13.1 Å². The van der Waals surface area contributed by atoms with E-state index in [4.69, 9.17) is 0 Å². The molecule has 0 saturated heterocycles. The van der Waals surface area contributed by atoms with Gasteiger partial charge in [0.15, 0.2) is 0 Å². The molecule has 0 unspecified atom stereocenters. The molecule has 1 N–H and O–H groups in total. The Balaban J connectivity index is 2.28. The molecule has 0 saturated carbocycles. The maximum Gasteiger partial charge on any atom is 0.126 e. The maximum absolute atomic E-state index is 13.2. The van der Waals surface area contributed by atoms with Gasteiger partial charge >= 0.3 is 0 Å². The van der Waals surface area contributed by atoms with Crippen molar-refractivity contribution in [2.24, 2.45) is 0 Å². The lowest BCUT2D eigenvalue weighted by Gasteiger charge is -2.04. The predicted octanol–water partition coefficient (Wildman–Crippen LogP) is 3.07. The average molecular weight is 209 g/mol. The van der Waals surface area contributed by atoms with E-state index >= 15 is 0 Å². The summed E-state index contributed by atoms with van der Waals surface area (Å²) in [7, 11) is 0. The average Bonchev–Trinajstić information content (AvgIpc) is 2.23. The monoisotopic (exact) mass is 209 g/mol. The number of aryl methyl sites for hydroxylation is 2. The van der Waals surface area contributed by atoms with Gasteiger partial charge < -0.3 is 5.32 Å². The van der Waals surface area contributed by atoms with Crippen molar-refractivity contribution >= 4 is 0 Å². The van der Waals surface area contributed by atoms with Crippen molar-refractivity contribution in [2.45, 2.75) is 33.1 Å². The Hall–Kier alpha value is -0.890. The zero-order chi connectivity index (χ0) is 11.1. The summed E-state index contributed by atoms with van der Waals surface area (Å²) in [5, 5.41) is 3.28. The fourth-order valence-corrected chi connectivity index (χ4v) is 1.55. The molecule has 1 rings (SSSR count). The first kappa shape index (κ1) is 12.2. The minimum absolute atomic E-state index is 0.0841. The zero-order valence-corrected chi connectivity index (χ0v) is 9.65. The molecule has 2 heteroatoms. The second-order valence-electron chi connectivity index (χ2n) is 3.89. The number of hydrogen-bond acceptors (Lipinski definition) is 1. The molecular formula is C13H20FN. The summed E-state index contributed by atoms with van der Waals surface area (Å²) in [6, 6.07) is 5.53. The molecule has 0 bridgehead atoms. The van der Waals surface area contributed by atoms with E-state index in [2.05, 4.69) is 12.2 Å². The van der Waals surface area contributed by atoms with E-state index < -0.39 is 0 Å². The van der Waals surface area contributed by atoms with Gasteiger partial charge in [-0.1, -0.05) is 19.1 Å². The number of halogens is 1. The van der Waals surface area contributed by atoms with Gasteiger partial charge in [-0.25, -0.2) is 4.39 Å². The Morgan fingerprint density at radius 3 is 2.73 bits per heavy atom. The van der Waals surface area contributed by atoms with E-state index in [0.717, 1.165) is 43.5 Å². The summed E-state index contributed by atoms with van der Waals surface area (Å²) in [4.78, 5) is 0. The minimum Gasteiger partial charge on any atom is -0.317 e. The van der Waals surface area contributed by atoms with Gasteiger partial charge in [-0.05, 0) is 56.5 Å². The first-order valence-corrected chi connectivity index (χ1v) is 5.69. The van der Waals surface area contributed by atoms with Crippen LogP contribution in [0.1, 0.15) is 30.9 Å². The summed E-state index contributed by atoms with van der Waals surface area (Å²) in [5.74, 6) is -0.0841. The second kappa shape index (κ2) is 6.57. The van der Waals surface area contributed by atoms with Crippen LogP contribution in [0, 0.1) is 12.7 Å². The lowest BCUT2D eigenvalue weighted by molar-refractivity contribution is 0.611. The van der Waals surface area contributed by atoms with Gasteiger partial charge in [0.2, 0.25) is 0 Å². The highest BCUT2D eigenvalue weighted by atomic mass is 19.1. The molecule has 0 aromatic heterocycles. The lowest BCUT2D eigenvalue weighted by Crippen LogP contribution is -2.13. The van der Waals surface area contributed by atoms with E-state index in [9.17, 15) is 4.39 Å². The van der Waals surface area contributed by atoms with Crippen LogP contribution in [0.25, 0.3) is 0 Å². The van der Waals surface area contributed by atoms with Gasteiger partial charge in [-0.3, -0.25) is 0 Å². The zero-order valence-electron chi connectivity index (χ0n) is 9.65. The van der Waals surface area contributed by atoms with Crippen LogP contribution in [0.5, 0.6) is 0 Å². The van der Waals surface area contributed by atoms with Crippen LogP contribution in [0.2, 0.25) is 0 Å². The largest absolute Gasteiger partial charge is 0.317 e. The Morgan fingerprint density at radius 1 is 1.27 bits per heavy atom. The van der Waals surface area contributed by atoms with E-state index in [0.29, 0.717) is 0 Å². The van der Waals surface area contributed by atoms with Crippen molar-refractivity contribution in [3.05, 3.63) is 35.1 Å². The van der Waals surface area contributed by atoms with Crippen LogP contribution in [0.4, 0.5) is 4.39 Å². The quantitative estimate of drug-likeness (QED) is 0.710. The smallest absolute Gasteiger partial charge is 0.126 e. The summed E-state index contributed by atoms with van der Waals surface area (Å²) >= 11 is 0. The van der Waals surface area contributed by atoms with Gasteiger partial charge in [-0.2, -0.15) is 0 Å². The molecule has 0 spiro atoms. The number of hydrogen-bond donors (Lipinski definition) is 1. The standard InChI is InChI=1S/C13H20FN/c1-3-15-9-5-4-6-12-8-7-11(2)13(14)10-12/h7-8,10,15H,3-6,9H2,1-2H3. The van der Waals surface area contributed by atoms with Crippen molar-refractivity contribution < 1.29 is 4.39 Å². The molecule has 84 valence electrons. The highest BCUT2D eigenvalue weighted by Gasteiger charge is 1.99. The Kier molecular flexibility index (Phi) is 5.33. The third-order valence-corrected chi connectivity index (χ3v) is 2.56. The van der Waals surface area contributed by atoms with E-state index in [-0.39, 0.29) is 5.82 Å². The first-order valence-electron chi connectivity index (χ1n) is 5.69. The molecule has 0 aliphatic carbocycles. The van der Waals surface area contributed by atoms with Gasteiger partial charge in [0.25, 0.3) is 0 Å². The van der Waals surface area contributed by atoms with Crippen LogP contribution in [-0.2, 0) is 6.42 Å². The van der Waals surface area contributed by atoms with Crippen molar-refractivity contribution in [3.63, 3.8) is 0 Å². The molecule has 1 aromatic carbocycles. The Morgan fingerprint density at radius 2 is 2.07 bits per heavy atom. The number of unbranched alkanes of at least 4 members (excludes halogenated alkanes) is 1. The molecule has 0 aliphatic rings. The molecule has 1 aromatic rings. The highest BCUT2D eigenvalue weighted by molar-refractivity contribution is 5.23. The summed E-state index contributed by atoms with van der Waals surface area (Å²) in [6.45, 7) is 5.99. The maximum atomic E-state index is 13.2. The highest BCUT2D eigenvalue weighted by Crippen LogP contribution is 2.11. The Bertz CT molecular complexity index is 297. The second-order valence-corrected chi connectivity index (χ2v) is 3.89. The molecule has 0 atom stereocenters. The fraction of sp³-hybridized carbons (Fsp3) is 0.538. The summed E-state index contributed by atoms with van der Waals surface area (Å²) < 4.78 is 13.2. The van der Waals surface area contributed by atoms with E-state index in [1.165, 1.54) is 0 Å².